The van der Waals surface area contributed by atoms with Gasteiger partial charge in [-0.3, -0.25) is 4.79 Å². The second kappa shape index (κ2) is 7.02. The molecule has 0 aliphatic carbocycles. The molecule has 1 aromatic heterocycles. The lowest BCUT2D eigenvalue weighted by Gasteiger charge is -2.17. The van der Waals surface area contributed by atoms with Crippen molar-refractivity contribution in [2.24, 2.45) is 0 Å². The van der Waals surface area contributed by atoms with Crippen LogP contribution in [0.25, 0.3) is 0 Å². The summed E-state index contributed by atoms with van der Waals surface area (Å²) in [5.41, 5.74) is 2.76. The van der Waals surface area contributed by atoms with Gasteiger partial charge in [0.1, 0.15) is 5.51 Å². The molecule has 1 amide bonds. The minimum atomic E-state index is 0.0796. The Bertz CT molecular complexity index is 548. The van der Waals surface area contributed by atoms with Crippen LogP contribution in [-0.4, -0.2) is 33.8 Å². The van der Waals surface area contributed by atoms with E-state index in [0.29, 0.717) is 12.3 Å². The minimum Gasteiger partial charge on any atom is -0.341 e. The van der Waals surface area contributed by atoms with Crippen LogP contribution in [0.4, 0.5) is 0 Å². The number of benzene rings is 1. The maximum atomic E-state index is 12.0. The Morgan fingerprint density at radius 3 is 2.95 bits per heavy atom. The number of carbonyl (C=O) groups is 1. The van der Waals surface area contributed by atoms with Gasteiger partial charge in [-0.15, -0.1) is 10.2 Å². The Morgan fingerprint density at radius 2 is 2.26 bits per heavy atom. The molecule has 0 radical (unpaired) electrons. The van der Waals surface area contributed by atoms with Crippen LogP contribution in [0.15, 0.2) is 38.6 Å². The molecular weight excluding hydrogens is 346 g/mol. The molecule has 0 N–H and O–H groups in total. The zero-order valence-corrected chi connectivity index (χ0v) is 13.5. The predicted octanol–water partition coefficient (Wildman–Crippen LogP) is 3.05. The lowest BCUT2D eigenvalue weighted by atomic mass is 10.2. The summed E-state index contributed by atoms with van der Waals surface area (Å²) in [6.45, 7) is 0.594. The maximum absolute atomic E-state index is 12.0. The van der Waals surface area contributed by atoms with Crippen LogP contribution < -0.4 is 0 Å². The fraction of sp³-hybridized carbons (Fsp3) is 0.250. The first-order chi connectivity index (χ1) is 9.16. The van der Waals surface area contributed by atoms with Gasteiger partial charge in [0.05, 0.1) is 5.75 Å². The highest BCUT2D eigenvalue weighted by Crippen LogP contribution is 2.20. The normalized spacial score (nSPS) is 10.4. The number of aromatic nitrogens is 2. The molecule has 0 unspecified atom stereocenters. The van der Waals surface area contributed by atoms with Gasteiger partial charge in [0.2, 0.25) is 5.91 Å². The number of thioether (sulfide) groups is 1. The third-order valence-corrected chi connectivity index (χ3v) is 5.07. The molecule has 2 rings (SSSR count). The van der Waals surface area contributed by atoms with Crippen molar-refractivity contribution in [2.75, 3.05) is 12.8 Å². The van der Waals surface area contributed by atoms with E-state index < -0.39 is 0 Å². The lowest BCUT2D eigenvalue weighted by Crippen LogP contribution is -2.27. The van der Waals surface area contributed by atoms with Crippen molar-refractivity contribution in [1.29, 1.82) is 0 Å². The van der Waals surface area contributed by atoms with Crippen molar-refractivity contribution in [1.82, 2.24) is 15.1 Å². The highest BCUT2D eigenvalue weighted by atomic mass is 79.9. The second-order valence-corrected chi connectivity index (χ2v) is 6.74. The van der Waals surface area contributed by atoms with Crippen molar-refractivity contribution in [3.63, 3.8) is 0 Å². The largest absolute Gasteiger partial charge is 0.341 e. The molecule has 0 fully saturated rings. The van der Waals surface area contributed by atoms with E-state index in [2.05, 4.69) is 26.1 Å². The molecule has 19 heavy (non-hydrogen) atoms. The van der Waals surface area contributed by atoms with E-state index in [1.165, 1.54) is 23.1 Å². The summed E-state index contributed by atoms with van der Waals surface area (Å²) in [7, 11) is 1.81. The van der Waals surface area contributed by atoms with Gasteiger partial charge < -0.3 is 4.90 Å². The molecule has 1 aromatic carbocycles. The molecule has 4 nitrogen and oxygen atoms in total. The quantitative estimate of drug-likeness (QED) is 0.771. The van der Waals surface area contributed by atoms with Crippen LogP contribution in [0.5, 0.6) is 0 Å². The highest BCUT2D eigenvalue weighted by molar-refractivity contribution is 9.10. The number of rotatable bonds is 5. The van der Waals surface area contributed by atoms with E-state index in [4.69, 9.17) is 0 Å². The average molecular weight is 358 g/mol. The molecule has 2 aromatic rings. The van der Waals surface area contributed by atoms with Gasteiger partial charge in [-0.25, -0.2) is 0 Å². The standard InChI is InChI=1S/C12H12BrN3OS2/c1-16(6-9-4-2-3-5-10(9)13)11(17)7-18-12-15-14-8-19-12/h2-5,8H,6-7H2,1H3. The Morgan fingerprint density at radius 1 is 1.47 bits per heavy atom. The molecule has 0 aliphatic heterocycles. The summed E-state index contributed by atoms with van der Waals surface area (Å²) in [6.07, 6.45) is 0. The monoisotopic (exact) mass is 357 g/mol. The molecule has 0 atom stereocenters. The molecule has 100 valence electrons. The predicted molar refractivity (Wildman–Crippen MR) is 81.2 cm³/mol. The second-order valence-electron chi connectivity index (χ2n) is 3.83. The summed E-state index contributed by atoms with van der Waals surface area (Å²) in [5, 5.41) is 7.64. The van der Waals surface area contributed by atoms with Crippen LogP contribution in [0.2, 0.25) is 0 Å². The van der Waals surface area contributed by atoms with Crippen LogP contribution >= 0.6 is 39.0 Å². The first kappa shape index (κ1) is 14.5. The SMILES string of the molecule is CN(Cc1ccccc1Br)C(=O)CSc1nncs1. The summed E-state index contributed by atoms with van der Waals surface area (Å²) < 4.78 is 1.84. The third-order valence-electron chi connectivity index (χ3n) is 2.45. The van der Waals surface area contributed by atoms with E-state index in [-0.39, 0.29) is 5.91 Å². The average Bonchev–Trinajstić information content (AvgIpc) is 2.91. The Hall–Kier alpha value is -0.920. The van der Waals surface area contributed by atoms with Gasteiger partial charge in [-0.05, 0) is 11.6 Å². The van der Waals surface area contributed by atoms with Crippen LogP contribution in [-0.2, 0) is 11.3 Å². The van der Waals surface area contributed by atoms with Crippen LogP contribution in [0, 0.1) is 0 Å². The van der Waals surface area contributed by atoms with Gasteiger partial charge in [-0.1, -0.05) is 57.2 Å². The molecule has 0 bridgehead atoms. The van der Waals surface area contributed by atoms with Crippen LogP contribution in [0.1, 0.15) is 5.56 Å². The van der Waals surface area contributed by atoms with Gasteiger partial charge in [0.15, 0.2) is 4.34 Å². The first-order valence-electron chi connectivity index (χ1n) is 5.53. The molecule has 7 heteroatoms. The number of nitrogens with zero attached hydrogens (tertiary/aromatic N) is 3. The highest BCUT2D eigenvalue weighted by Gasteiger charge is 2.12. The van der Waals surface area contributed by atoms with E-state index in [9.17, 15) is 4.79 Å². The van der Waals surface area contributed by atoms with Gasteiger partial charge in [0, 0.05) is 18.1 Å². The maximum Gasteiger partial charge on any atom is 0.233 e. The summed E-state index contributed by atoms with van der Waals surface area (Å²) in [6, 6.07) is 7.91. The summed E-state index contributed by atoms with van der Waals surface area (Å²) in [5.74, 6) is 0.465. The molecule has 0 spiro atoms. The van der Waals surface area contributed by atoms with Crippen LogP contribution in [0.3, 0.4) is 0 Å². The van der Waals surface area contributed by atoms with Crippen molar-refractivity contribution in [3.05, 3.63) is 39.8 Å². The third kappa shape index (κ3) is 4.29. The van der Waals surface area contributed by atoms with Gasteiger partial charge >= 0.3 is 0 Å². The van der Waals surface area contributed by atoms with Crippen molar-refractivity contribution in [2.45, 2.75) is 10.9 Å². The van der Waals surface area contributed by atoms with E-state index in [1.807, 2.05) is 31.3 Å². The summed E-state index contributed by atoms with van der Waals surface area (Å²) >= 11 is 6.35. The van der Waals surface area contributed by atoms with E-state index >= 15 is 0 Å². The number of amides is 1. The van der Waals surface area contributed by atoms with E-state index in [1.54, 1.807) is 10.4 Å². The molecule has 0 saturated carbocycles. The van der Waals surface area contributed by atoms with E-state index in [0.717, 1.165) is 14.4 Å². The minimum absolute atomic E-state index is 0.0796. The molecule has 1 heterocycles. The smallest absolute Gasteiger partial charge is 0.233 e. The Kier molecular flexibility index (Phi) is 5.35. The fourth-order valence-electron chi connectivity index (χ4n) is 1.43. The Balaban J connectivity index is 1.87. The van der Waals surface area contributed by atoms with Gasteiger partial charge in [0.25, 0.3) is 0 Å². The number of hydrogen-bond acceptors (Lipinski definition) is 5. The molecule has 0 aliphatic rings. The van der Waals surface area contributed by atoms with Crippen molar-refractivity contribution < 1.29 is 4.79 Å². The Labute approximate surface area is 128 Å². The number of halogens is 1. The van der Waals surface area contributed by atoms with Gasteiger partial charge in [-0.2, -0.15) is 0 Å². The number of hydrogen-bond donors (Lipinski definition) is 0. The molecular formula is C12H12BrN3OS2. The van der Waals surface area contributed by atoms with Crippen molar-refractivity contribution >= 4 is 44.9 Å². The first-order valence-corrected chi connectivity index (χ1v) is 8.19. The number of carbonyl (C=O) groups excluding carboxylic acids is 1. The zero-order valence-electron chi connectivity index (χ0n) is 10.2. The van der Waals surface area contributed by atoms with Crippen molar-refractivity contribution in [3.8, 4) is 0 Å². The summed E-state index contributed by atoms with van der Waals surface area (Å²) in [4.78, 5) is 13.7. The fourth-order valence-corrected chi connectivity index (χ4v) is 3.27. The molecule has 0 saturated heterocycles. The lowest BCUT2D eigenvalue weighted by molar-refractivity contribution is -0.127. The topological polar surface area (TPSA) is 46.1 Å². The zero-order chi connectivity index (χ0) is 13.7.